The van der Waals surface area contributed by atoms with E-state index < -0.39 is 5.97 Å². The summed E-state index contributed by atoms with van der Waals surface area (Å²) in [5.74, 6) is -0.765. The molecule has 0 aromatic heterocycles. The van der Waals surface area contributed by atoms with Gasteiger partial charge in [-0.2, -0.15) is 0 Å². The van der Waals surface area contributed by atoms with Crippen LogP contribution in [0.4, 0.5) is 0 Å². The van der Waals surface area contributed by atoms with Gasteiger partial charge in [0.25, 0.3) is 0 Å². The molecule has 1 aromatic rings. The zero-order chi connectivity index (χ0) is 11.3. The first-order chi connectivity index (χ1) is 7.19. The second kappa shape index (κ2) is 4.95. The molecule has 0 unspecified atom stereocenters. The lowest BCUT2D eigenvalue weighted by atomic mass is 10.1. The van der Waals surface area contributed by atoms with Gasteiger partial charge in [0.15, 0.2) is 0 Å². The third-order valence-electron chi connectivity index (χ3n) is 1.82. The molecule has 1 rings (SSSR count). The van der Waals surface area contributed by atoms with Crippen LogP contribution in [-0.4, -0.2) is 24.5 Å². The Morgan fingerprint density at radius 2 is 2.20 bits per heavy atom. The maximum atomic E-state index is 10.8. The normalized spacial score (nSPS) is 10.2. The summed E-state index contributed by atoms with van der Waals surface area (Å²) < 4.78 is 4.89. The Morgan fingerprint density at radius 1 is 1.47 bits per heavy atom. The molecule has 0 aliphatic rings. The number of benzene rings is 1. The molecular formula is C11H10O4. The molecule has 15 heavy (non-hydrogen) atoms. The number of rotatable bonds is 4. The van der Waals surface area contributed by atoms with Crippen LogP contribution in [-0.2, 0) is 4.79 Å². The zero-order valence-electron chi connectivity index (χ0n) is 8.14. The third-order valence-corrected chi connectivity index (χ3v) is 1.82. The lowest BCUT2D eigenvalue weighted by molar-refractivity contribution is -0.104. The topological polar surface area (TPSA) is 63.6 Å². The lowest BCUT2D eigenvalue weighted by Crippen LogP contribution is -2.00. The van der Waals surface area contributed by atoms with Crippen molar-refractivity contribution in [3.63, 3.8) is 0 Å². The molecule has 0 saturated heterocycles. The quantitative estimate of drug-likeness (QED) is 0.600. The van der Waals surface area contributed by atoms with Gasteiger partial charge in [-0.05, 0) is 23.8 Å². The Kier molecular flexibility index (Phi) is 3.62. The van der Waals surface area contributed by atoms with Crippen molar-refractivity contribution in [1.82, 2.24) is 0 Å². The first-order valence-electron chi connectivity index (χ1n) is 4.22. The molecule has 4 heteroatoms. The van der Waals surface area contributed by atoms with Crippen molar-refractivity contribution < 1.29 is 19.4 Å². The van der Waals surface area contributed by atoms with Crippen molar-refractivity contribution >= 4 is 18.3 Å². The van der Waals surface area contributed by atoms with Crippen molar-refractivity contribution in [2.75, 3.05) is 7.11 Å². The van der Waals surface area contributed by atoms with E-state index in [4.69, 9.17) is 9.84 Å². The minimum atomic E-state index is -1.06. The van der Waals surface area contributed by atoms with E-state index in [0.717, 1.165) is 0 Å². The summed E-state index contributed by atoms with van der Waals surface area (Å²) in [5.41, 5.74) is 0.714. The van der Waals surface area contributed by atoms with Gasteiger partial charge in [0, 0.05) is 0 Å². The number of carboxylic acids is 1. The number of carboxylic acid groups (broad SMARTS) is 1. The summed E-state index contributed by atoms with van der Waals surface area (Å²) in [5, 5.41) is 8.87. The molecule has 1 aromatic carbocycles. The fraction of sp³-hybridized carbons (Fsp3) is 0.0909. The second-order valence-corrected chi connectivity index (χ2v) is 2.76. The molecule has 0 heterocycles. The zero-order valence-corrected chi connectivity index (χ0v) is 8.14. The number of allylic oxidation sites excluding steroid dienone is 1. The fourth-order valence-corrected chi connectivity index (χ4v) is 1.15. The van der Waals surface area contributed by atoms with Crippen LogP contribution in [0.2, 0.25) is 0 Å². The van der Waals surface area contributed by atoms with E-state index in [-0.39, 0.29) is 5.56 Å². The number of aromatic carboxylic acids is 1. The van der Waals surface area contributed by atoms with E-state index in [9.17, 15) is 9.59 Å². The maximum absolute atomic E-state index is 10.8. The van der Waals surface area contributed by atoms with E-state index in [1.807, 2.05) is 0 Å². The van der Waals surface area contributed by atoms with E-state index in [0.29, 0.717) is 17.6 Å². The number of aldehydes is 1. The minimum Gasteiger partial charge on any atom is -0.496 e. The number of carbonyl (C=O) groups is 2. The number of hydrogen-bond donors (Lipinski definition) is 1. The molecule has 0 radical (unpaired) electrons. The predicted octanol–water partition coefficient (Wildman–Crippen LogP) is 1.61. The summed E-state index contributed by atoms with van der Waals surface area (Å²) >= 11 is 0. The van der Waals surface area contributed by atoms with Crippen LogP contribution in [0.1, 0.15) is 15.9 Å². The van der Waals surface area contributed by atoms with Crippen molar-refractivity contribution in [3.8, 4) is 5.75 Å². The average molecular weight is 206 g/mol. The van der Waals surface area contributed by atoms with Gasteiger partial charge in [-0.25, -0.2) is 4.79 Å². The van der Waals surface area contributed by atoms with Gasteiger partial charge in [0.2, 0.25) is 0 Å². The van der Waals surface area contributed by atoms with Crippen LogP contribution >= 0.6 is 0 Å². The molecule has 0 saturated carbocycles. The van der Waals surface area contributed by atoms with Crippen LogP contribution in [0.25, 0.3) is 6.08 Å². The first kappa shape index (κ1) is 11.0. The molecule has 0 fully saturated rings. The molecular weight excluding hydrogens is 196 g/mol. The highest BCUT2D eigenvalue weighted by molar-refractivity contribution is 5.92. The molecule has 0 bridgehead atoms. The number of carbonyl (C=O) groups excluding carboxylic acids is 1. The number of hydrogen-bond acceptors (Lipinski definition) is 3. The van der Waals surface area contributed by atoms with E-state index in [2.05, 4.69) is 0 Å². The van der Waals surface area contributed by atoms with Crippen LogP contribution < -0.4 is 4.74 Å². The van der Waals surface area contributed by atoms with Gasteiger partial charge in [0.1, 0.15) is 17.6 Å². The van der Waals surface area contributed by atoms with Crippen LogP contribution in [0, 0.1) is 0 Å². The summed E-state index contributed by atoms with van der Waals surface area (Å²) in [4.78, 5) is 20.9. The SMILES string of the molecule is COc1ccc(C=CC=O)cc1C(=O)O. The van der Waals surface area contributed by atoms with Gasteiger partial charge in [-0.3, -0.25) is 4.79 Å². The fourth-order valence-electron chi connectivity index (χ4n) is 1.15. The van der Waals surface area contributed by atoms with Crippen LogP contribution in [0.3, 0.4) is 0 Å². The molecule has 1 N–H and O–H groups in total. The summed E-state index contributed by atoms with van der Waals surface area (Å²) in [6, 6.07) is 4.67. The van der Waals surface area contributed by atoms with Crippen molar-refractivity contribution in [3.05, 3.63) is 35.4 Å². The van der Waals surface area contributed by atoms with Gasteiger partial charge in [-0.15, -0.1) is 0 Å². The molecule has 0 amide bonds. The molecule has 78 valence electrons. The Hall–Kier alpha value is -2.10. The first-order valence-corrected chi connectivity index (χ1v) is 4.22. The highest BCUT2D eigenvalue weighted by Gasteiger charge is 2.10. The minimum absolute atomic E-state index is 0.0746. The lowest BCUT2D eigenvalue weighted by Gasteiger charge is -2.04. The standard InChI is InChI=1S/C11H10O4/c1-15-10-5-4-8(3-2-6-12)7-9(10)11(13)14/h2-7H,1H3,(H,13,14). The second-order valence-electron chi connectivity index (χ2n) is 2.76. The van der Waals surface area contributed by atoms with Crippen LogP contribution in [0.5, 0.6) is 5.75 Å². The van der Waals surface area contributed by atoms with Crippen molar-refractivity contribution in [1.29, 1.82) is 0 Å². The van der Waals surface area contributed by atoms with E-state index >= 15 is 0 Å². The maximum Gasteiger partial charge on any atom is 0.339 e. The smallest absolute Gasteiger partial charge is 0.339 e. The molecule has 4 nitrogen and oxygen atoms in total. The predicted molar refractivity (Wildman–Crippen MR) is 55.1 cm³/mol. The largest absolute Gasteiger partial charge is 0.496 e. The number of methoxy groups -OCH3 is 1. The van der Waals surface area contributed by atoms with Gasteiger partial charge in [0.05, 0.1) is 7.11 Å². The average Bonchev–Trinajstić information content (AvgIpc) is 2.25. The van der Waals surface area contributed by atoms with Gasteiger partial charge >= 0.3 is 5.97 Å². The van der Waals surface area contributed by atoms with Gasteiger partial charge < -0.3 is 9.84 Å². The Morgan fingerprint density at radius 3 is 2.73 bits per heavy atom. The monoisotopic (exact) mass is 206 g/mol. The van der Waals surface area contributed by atoms with Crippen molar-refractivity contribution in [2.45, 2.75) is 0 Å². The van der Waals surface area contributed by atoms with Crippen LogP contribution in [0.15, 0.2) is 24.3 Å². The Labute approximate surface area is 86.8 Å². The van der Waals surface area contributed by atoms with Crippen molar-refractivity contribution in [2.24, 2.45) is 0 Å². The Bertz CT molecular complexity index is 407. The highest BCUT2D eigenvalue weighted by Crippen LogP contribution is 2.20. The molecule has 0 aliphatic carbocycles. The number of ether oxygens (including phenoxy) is 1. The summed E-state index contributed by atoms with van der Waals surface area (Å²) in [7, 11) is 1.41. The molecule has 0 spiro atoms. The van der Waals surface area contributed by atoms with E-state index in [1.165, 1.54) is 25.3 Å². The highest BCUT2D eigenvalue weighted by atomic mass is 16.5. The molecule has 0 aliphatic heterocycles. The third kappa shape index (κ3) is 2.67. The summed E-state index contributed by atoms with van der Waals surface area (Å²) in [6.45, 7) is 0. The summed E-state index contributed by atoms with van der Waals surface area (Å²) in [6.07, 6.45) is 3.46. The van der Waals surface area contributed by atoms with E-state index in [1.54, 1.807) is 12.1 Å². The Balaban J connectivity index is 3.15. The van der Waals surface area contributed by atoms with Gasteiger partial charge in [-0.1, -0.05) is 12.1 Å². The molecule has 0 atom stereocenters.